The van der Waals surface area contributed by atoms with E-state index < -0.39 is 0 Å². The zero-order valence-corrected chi connectivity index (χ0v) is 9.59. The van der Waals surface area contributed by atoms with Gasteiger partial charge in [-0.25, -0.2) is 0 Å². The third-order valence-electron chi connectivity index (χ3n) is 3.35. The van der Waals surface area contributed by atoms with Crippen molar-refractivity contribution in [2.45, 2.75) is 39.7 Å². The average Bonchev–Trinajstić information content (AvgIpc) is 2.23. The van der Waals surface area contributed by atoms with E-state index >= 15 is 0 Å². The largest absolute Gasteiger partial charge is 0.507 e. The van der Waals surface area contributed by atoms with Crippen molar-refractivity contribution in [3.05, 3.63) is 27.3 Å². The van der Waals surface area contributed by atoms with Crippen molar-refractivity contribution in [1.29, 1.82) is 0 Å². The van der Waals surface area contributed by atoms with Crippen LogP contribution in [0.2, 0.25) is 0 Å². The first kappa shape index (κ1) is 10.2. The highest BCUT2D eigenvalue weighted by atomic mass is 16.3. The second-order valence-electron chi connectivity index (χ2n) is 4.42. The van der Waals surface area contributed by atoms with Gasteiger partial charge in [-0.2, -0.15) is 0 Å². The minimum absolute atomic E-state index is 0.376. The number of fused-ring (bicyclic) bond motifs is 1. The molecule has 1 aliphatic rings. The van der Waals surface area contributed by atoms with Crippen molar-refractivity contribution in [1.82, 2.24) is 0 Å². The number of phenols is 1. The van der Waals surface area contributed by atoms with E-state index in [1.165, 1.54) is 5.56 Å². The summed E-state index contributed by atoms with van der Waals surface area (Å²) < 4.78 is 0. The number of hydrogen-bond acceptors (Lipinski definition) is 2. The lowest BCUT2D eigenvalue weighted by molar-refractivity contribution is 0.463. The number of rotatable bonds is 0. The van der Waals surface area contributed by atoms with Gasteiger partial charge in [0.15, 0.2) is 0 Å². The maximum absolute atomic E-state index is 9.93. The molecule has 1 atom stereocenters. The fourth-order valence-electron chi connectivity index (χ4n) is 2.20. The molecular weight excluding hydrogens is 186 g/mol. The zero-order valence-electron chi connectivity index (χ0n) is 9.59. The highest BCUT2D eigenvalue weighted by molar-refractivity contribution is 5.46. The summed E-state index contributed by atoms with van der Waals surface area (Å²) in [6.45, 7) is 10.0. The second-order valence-corrected chi connectivity index (χ2v) is 4.42. The third-order valence-corrected chi connectivity index (χ3v) is 3.35. The van der Waals surface area contributed by atoms with Gasteiger partial charge in [0.1, 0.15) is 5.75 Å². The maximum Gasteiger partial charge on any atom is 0.122 e. The van der Waals surface area contributed by atoms with E-state index in [-0.39, 0.29) is 0 Å². The van der Waals surface area contributed by atoms with E-state index in [0.29, 0.717) is 11.8 Å². The Hall–Kier alpha value is -1.31. The number of benzene rings is 1. The van der Waals surface area contributed by atoms with Crippen LogP contribution in [0.3, 0.4) is 0 Å². The predicted octanol–water partition coefficient (Wildman–Crippen LogP) is 1.37. The van der Waals surface area contributed by atoms with Crippen molar-refractivity contribution in [2.75, 3.05) is 0 Å². The van der Waals surface area contributed by atoms with Crippen LogP contribution < -0.4 is 10.6 Å². The van der Waals surface area contributed by atoms with E-state index in [0.717, 1.165) is 34.5 Å². The summed E-state index contributed by atoms with van der Waals surface area (Å²) in [7, 11) is 0. The lowest BCUT2D eigenvalue weighted by Gasteiger charge is -2.18. The molecule has 0 saturated carbocycles. The molecule has 1 N–H and O–H groups in total. The first-order valence-corrected chi connectivity index (χ1v) is 5.40. The van der Waals surface area contributed by atoms with Gasteiger partial charge < -0.3 is 5.11 Å². The summed E-state index contributed by atoms with van der Waals surface area (Å²) in [5.41, 5.74) is 3.02. The second kappa shape index (κ2) is 3.37. The van der Waals surface area contributed by atoms with Crippen molar-refractivity contribution in [2.24, 2.45) is 4.99 Å². The van der Waals surface area contributed by atoms with Crippen LogP contribution in [0, 0.1) is 13.8 Å². The molecule has 0 saturated heterocycles. The summed E-state index contributed by atoms with van der Waals surface area (Å²) in [5.74, 6) is 0.392. The number of aromatic hydroxyl groups is 1. The lowest BCUT2D eigenvalue weighted by atomic mass is 9.94. The molecular formula is C13H17NO. The fraction of sp³-hybridized carbons (Fsp3) is 0.462. The molecule has 0 radical (unpaired) electrons. The summed E-state index contributed by atoms with van der Waals surface area (Å²) in [4.78, 5) is 4.63. The molecule has 0 bridgehead atoms. The Morgan fingerprint density at radius 3 is 2.67 bits per heavy atom. The molecule has 0 aliphatic carbocycles. The highest BCUT2D eigenvalue weighted by Crippen LogP contribution is 2.22. The minimum Gasteiger partial charge on any atom is -0.507 e. The zero-order chi connectivity index (χ0) is 11.2. The number of hydrogen-bond donors (Lipinski definition) is 1. The van der Waals surface area contributed by atoms with Crippen molar-refractivity contribution in [3.63, 3.8) is 0 Å². The van der Waals surface area contributed by atoms with Crippen LogP contribution in [0.15, 0.2) is 4.99 Å². The van der Waals surface area contributed by atoms with Gasteiger partial charge in [0.2, 0.25) is 0 Å². The Morgan fingerprint density at radius 1 is 1.33 bits per heavy atom. The molecule has 2 nitrogen and oxygen atoms in total. The van der Waals surface area contributed by atoms with E-state index in [9.17, 15) is 5.11 Å². The van der Waals surface area contributed by atoms with Gasteiger partial charge in [-0.05, 0) is 55.5 Å². The summed E-state index contributed by atoms with van der Waals surface area (Å²) >= 11 is 0. The van der Waals surface area contributed by atoms with Gasteiger partial charge in [-0.3, -0.25) is 4.99 Å². The van der Waals surface area contributed by atoms with Gasteiger partial charge in [0, 0.05) is 6.04 Å². The van der Waals surface area contributed by atoms with Gasteiger partial charge in [0.25, 0.3) is 0 Å². The minimum atomic E-state index is 0.376. The van der Waals surface area contributed by atoms with Gasteiger partial charge in [-0.1, -0.05) is 6.58 Å². The van der Waals surface area contributed by atoms with Crippen molar-refractivity contribution < 1.29 is 5.11 Å². The van der Waals surface area contributed by atoms with Gasteiger partial charge in [-0.15, -0.1) is 0 Å². The summed E-state index contributed by atoms with van der Waals surface area (Å²) in [6.07, 6.45) is 2.07. The Kier molecular flexibility index (Phi) is 2.29. The van der Waals surface area contributed by atoms with Crippen LogP contribution >= 0.6 is 0 Å². The Labute approximate surface area is 90.0 Å². The normalized spacial score (nSPS) is 19.5. The molecule has 1 aromatic rings. The van der Waals surface area contributed by atoms with Crippen LogP contribution in [0.5, 0.6) is 5.75 Å². The lowest BCUT2D eigenvalue weighted by Crippen LogP contribution is -2.36. The predicted molar refractivity (Wildman–Crippen MR) is 61.7 cm³/mol. The molecule has 1 unspecified atom stereocenters. The Bertz CT molecular complexity index is 517. The van der Waals surface area contributed by atoms with E-state index in [4.69, 9.17) is 0 Å². The summed E-state index contributed by atoms with van der Waals surface area (Å²) in [6, 6.07) is 0.376. The topological polar surface area (TPSA) is 32.6 Å². The fourth-order valence-corrected chi connectivity index (χ4v) is 2.20. The molecule has 15 heavy (non-hydrogen) atoms. The molecule has 0 fully saturated rings. The Morgan fingerprint density at radius 2 is 2.00 bits per heavy atom. The first-order valence-electron chi connectivity index (χ1n) is 5.40. The summed E-state index contributed by atoms with van der Waals surface area (Å²) in [5, 5.41) is 11.8. The molecule has 0 spiro atoms. The standard InChI is InChI=1S/C13H17NO/c1-7-5-6-11-10(4)13(15)9(3)8(2)12(11)14-7/h7,15H,2,5-6H2,1,3-4H3. The van der Waals surface area contributed by atoms with Crippen molar-refractivity contribution >= 4 is 6.58 Å². The smallest absolute Gasteiger partial charge is 0.122 e. The molecule has 1 aromatic carbocycles. The third kappa shape index (κ3) is 1.44. The van der Waals surface area contributed by atoms with Crippen LogP contribution in [-0.4, -0.2) is 11.1 Å². The highest BCUT2D eigenvalue weighted by Gasteiger charge is 2.16. The van der Waals surface area contributed by atoms with E-state index in [2.05, 4.69) is 18.5 Å². The quantitative estimate of drug-likeness (QED) is 0.678. The van der Waals surface area contributed by atoms with Crippen LogP contribution in [0.25, 0.3) is 6.58 Å². The molecule has 0 amide bonds. The van der Waals surface area contributed by atoms with Crippen molar-refractivity contribution in [3.8, 4) is 5.75 Å². The maximum atomic E-state index is 9.93. The Balaban J connectivity index is 2.90. The SMILES string of the molecule is C=c1c(C)c(O)c(C)c2c1=NC(C)CC2. The van der Waals surface area contributed by atoms with Crippen LogP contribution in [0.1, 0.15) is 30.0 Å². The average molecular weight is 203 g/mol. The van der Waals surface area contributed by atoms with E-state index in [1.54, 1.807) is 0 Å². The molecule has 0 aromatic heterocycles. The monoisotopic (exact) mass is 203 g/mol. The first-order chi connectivity index (χ1) is 7.02. The number of phenolic OH excluding ortho intramolecular Hbond substituents is 1. The molecule has 1 heterocycles. The molecule has 1 aliphatic heterocycles. The number of nitrogens with zero attached hydrogens (tertiary/aromatic N) is 1. The molecule has 2 heteroatoms. The van der Waals surface area contributed by atoms with Gasteiger partial charge >= 0.3 is 0 Å². The molecule has 80 valence electrons. The van der Waals surface area contributed by atoms with Crippen LogP contribution in [-0.2, 0) is 6.42 Å². The molecule has 2 rings (SSSR count). The van der Waals surface area contributed by atoms with Gasteiger partial charge in [0.05, 0.1) is 5.36 Å². The van der Waals surface area contributed by atoms with E-state index in [1.807, 2.05) is 13.8 Å². The van der Waals surface area contributed by atoms with Crippen LogP contribution in [0.4, 0.5) is 0 Å².